The zero-order chi connectivity index (χ0) is 21.9. The first-order valence-electron chi connectivity index (χ1n) is 8.92. The first kappa shape index (κ1) is 22.9. The van der Waals surface area contributed by atoms with E-state index in [1.807, 2.05) is 0 Å². The second kappa shape index (κ2) is 8.54. The molecule has 2 N–H and O–H groups in total. The number of nitrogens with one attached hydrogen (secondary N) is 2. The molecule has 0 aliphatic carbocycles. The molecule has 0 radical (unpaired) electrons. The van der Waals surface area contributed by atoms with E-state index in [0.717, 1.165) is 12.1 Å². The van der Waals surface area contributed by atoms with E-state index in [1.165, 1.54) is 30.3 Å². The van der Waals surface area contributed by atoms with E-state index in [9.17, 15) is 26.4 Å². The van der Waals surface area contributed by atoms with Crippen LogP contribution in [0.25, 0.3) is 0 Å². The van der Waals surface area contributed by atoms with Gasteiger partial charge in [-0.1, -0.05) is 45.0 Å². The van der Waals surface area contributed by atoms with Crippen LogP contribution in [0.1, 0.15) is 42.3 Å². The highest BCUT2D eigenvalue weighted by atomic mass is 32.2. The van der Waals surface area contributed by atoms with Crippen LogP contribution in [0.3, 0.4) is 0 Å². The molecular weight excluding hydrogens is 405 g/mol. The minimum absolute atomic E-state index is 0.0378. The largest absolute Gasteiger partial charge is 0.416 e. The smallest absolute Gasteiger partial charge is 0.351 e. The van der Waals surface area contributed by atoms with E-state index >= 15 is 0 Å². The van der Waals surface area contributed by atoms with Crippen LogP contribution in [0, 0.1) is 0 Å². The molecule has 0 spiro atoms. The lowest BCUT2D eigenvalue weighted by atomic mass is 9.83. The summed E-state index contributed by atoms with van der Waals surface area (Å²) in [6.07, 6.45) is -4.45. The highest BCUT2D eigenvalue weighted by molar-refractivity contribution is 7.89. The molecule has 2 aromatic rings. The van der Waals surface area contributed by atoms with E-state index in [2.05, 4.69) is 10.0 Å². The summed E-state index contributed by atoms with van der Waals surface area (Å²) in [7, 11) is -3.71. The number of alkyl halides is 3. The zero-order valence-electron chi connectivity index (χ0n) is 16.3. The summed E-state index contributed by atoms with van der Waals surface area (Å²) in [4.78, 5) is 12.4. The van der Waals surface area contributed by atoms with Gasteiger partial charge in [0.2, 0.25) is 10.0 Å². The average Bonchev–Trinajstić information content (AvgIpc) is 2.66. The fourth-order valence-corrected chi connectivity index (χ4v) is 3.79. The topological polar surface area (TPSA) is 75.3 Å². The molecule has 0 atom stereocenters. The van der Waals surface area contributed by atoms with Gasteiger partial charge in [-0.25, -0.2) is 13.1 Å². The number of amides is 1. The third-order valence-electron chi connectivity index (χ3n) is 4.40. The van der Waals surface area contributed by atoms with Crippen molar-refractivity contribution in [3.63, 3.8) is 0 Å². The van der Waals surface area contributed by atoms with Gasteiger partial charge in [-0.15, -0.1) is 0 Å². The van der Waals surface area contributed by atoms with Crippen molar-refractivity contribution in [1.29, 1.82) is 0 Å². The Balaban J connectivity index is 2.16. The molecule has 158 valence electrons. The van der Waals surface area contributed by atoms with Crippen LogP contribution in [0.2, 0.25) is 0 Å². The maximum Gasteiger partial charge on any atom is 0.416 e. The Kier molecular flexibility index (Phi) is 6.74. The molecule has 5 nitrogen and oxygen atoms in total. The van der Waals surface area contributed by atoms with Gasteiger partial charge in [-0.05, 0) is 29.8 Å². The SMILES string of the molecule is CCNS(=O)(=O)c1cccc(C(=O)NCC(C)(C)c2cccc(C(F)(F)F)c2)c1. The number of sulfonamides is 1. The van der Waals surface area contributed by atoms with E-state index in [1.54, 1.807) is 26.8 Å². The van der Waals surface area contributed by atoms with Gasteiger partial charge in [0, 0.05) is 24.1 Å². The Morgan fingerprint density at radius 1 is 1.00 bits per heavy atom. The summed E-state index contributed by atoms with van der Waals surface area (Å²) in [6.45, 7) is 5.36. The molecule has 2 rings (SSSR count). The van der Waals surface area contributed by atoms with Gasteiger partial charge in [0.25, 0.3) is 5.91 Å². The normalized spacial score (nSPS) is 12.6. The second-order valence-corrected chi connectivity index (χ2v) is 8.94. The summed E-state index contributed by atoms with van der Waals surface area (Å²) in [5.41, 5.74) is -0.958. The molecule has 0 aliphatic rings. The molecule has 0 aromatic heterocycles. The van der Waals surface area contributed by atoms with Gasteiger partial charge in [0.1, 0.15) is 0 Å². The lowest BCUT2D eigenvalue weighted by Gasteiger charge is -2.26. The lowest BCUT2D eigenvalue weighted by molar-refractivity contribution is -0.137. The Labute approximate surface area is 168 Å². The molecule has 0 unspecified atom stereocenters. The minimum Gasteiger partial charge on any atom is -0.351 e. The molecule has 0 heterocycles. The van der Waals surface area contributed by atoms with Crippen LogP contribution in [-0.2, 0) is 21.6 Å². The Morgan fingerprint density at radius 3 is 2.24 bits per heavy atom. The molecule has 0 bridgehead atoms. The number of carbonyl (C=O) groups is 1. The number of hydrogen-bond acceptors (Lipinski definition) is 3. The molecule has 0 saturated heterocycles. The quantitative estimate of drug-likeness (QED) is 0.706. The first-order chi connectivity index (χ1) is 13.4. The zero-order valence-corrected chi connectivity index (χ0v) is 17.1. The monoisotopic (exact) mass is 428 g/mol. The molecule has 0 saturated carbocycles. The van der Waals surface area contributed by atoms with E-state index < -0.39 is 33.1 Å². The van der Waals surface area contributed by atoms with Crippen molar-refractivity contribution in [2.45, 2.75) is 37.3 Å². The van der Waals surface area contributed by atoms with Crippen LogP contribution in [0.15, 0.2) is 53.4 Å². The predicted octanol–water partition coefficient (Wildman–Crippen LogP) is 3.71. The number of carbonyl (C=O) groups excluding carboxylic acids is 1. The highest BCUT2D eigenvalue weighted by Gasteiger charge is 2.32. The molecule has 29 heavy (non-hydrogen) atoms. The molecule has 1 amide bonds. The molecule has 9 heteroatoms. The van der Waals surface area contributed by atoms with Crippen molar-refractivity contribution in [2.24, 2.45) is 0 Å². The summed E-state index contributed by atoms with van der Waals surface area (Å²) in [5, 5.41) is 2.67. The third-order valence-corrected chi connectivity index (χ3v) is 5.95. The van der Waals surface area contributed by atoms with Gasteiger partial charge in [0.05, 0.1) is 10.5 Å². The van der Waals surface area contributed by atoms with Crippen LogP contribution in [-0.4, -0.2) is 27.4 Å². The molecular formula is C20H23F3N2O3S. The standard InChI is InChI=1S/C20H23F3N2O3S/c1-4-25-29(27,28)17-10-5-7-14(11-17)18(26)24-13-19(2,3)15-8-6-9-16(12-15)20(21,22)23/h5-12,25H,4,13H2,1-3H3,(H,24,26). The minimum atomic E-state index is -4.45. The third kappa shape index (κ3) is 5.80. The fraction of sp³-hybridized carbons (Fsp3) is 0.350. The van der Waals surface area contributed by atoms with Gasteiger partial charge in [-0.2, -0.15) is 13.2 Å². The van der Waals surface area contributed by atoms with Crippen LogP contribution in [0.5, 0.6) is 0 Å². The Hall–Kier alpha value is -2.39. The van der Waals surface area contributed by atoms with E-state index in [-0.39, 0.29) is 23.5 Å². The van der Waals surface area contributed by atoms with Gasteiger partial charge < -0.3 is 5.32 Å². The van der Waals surface area contributed by atoms with Crippen LogP contribution < -0.4 is 10.0 Å². The van der Waals surface area contributed by atoms with E-state index in [4.69, 9.17) is 0 Å². The Bertz CT molecular complexity index is 986. The molecule has 0 aliphatic heterocycles. The Morgan fingerprint density at radius 2 is 1.62 bits per heavy atom. The number of halogens is 3. The fourth-order valence-electron chi connectivity index (χ4n) is 2.70. The molecule has 0 fully saturated rings. The first-order valence-corrected chi connectivity index (χ1v) is 10.4. The van der Waals surface area contributed by atoms with Crippen molar-refractivity contribution in [2.75, 3.05) is 13.1 Å². The van der Waals surface area contributed by atoms with Crippen molar-refractivity contribution in [3.8, 4) is 0 Å². The maximum atomic E-state index is 13.0. The summed E-state index contributed by atoms with van der Waals surface area (Å²) in [6, 6.07) is 10.5. The maximum absolute atomic E-state index is 13.0. The predicted molar refractivity (Wildman–Crippen MR) is 104 cm³/mol. The number of benzene rings is 2. The summed E-state index contributed by atoms with van der Waals surface area (Å²) < 4.78 is 65.4. The average molecular weight is 428 g/mol. The van der Waals surface area contributed by atoms with Crippen molar-refractivity contribution >= 4 is 15.9 Å². The van der Waals surface area contributed by atoms with Crippen molar-refractivity contribution < 1.29 is 26.4 Å². The van der Waals surface area contributed by atoms with Gasteiger partial charge in [-0.3, -0.25) is 4.79 Å². The molecule has 2 aromatic carbocycles. The summed E-state index contributed by atoms with van der Waals surface area (Å²) in [5.74, 6) is -0.515. The summed E-state index contributed by atoms with van der Waals surface area (Å²) >= 11 is 0. The number of rotatable bonds is 7. The van der Waals surface area contributed by atoms with Crippen molar-refractivity contribution in [1.82, 2.24) is 10.0 Å². The second-order valence-electron chi connectivity index (χ2n) is 7.17. The van der Waals surface area contributed by atoms with E-state index in [0.29, 0.717) is 5.56 Å². The van der Waals surface area contributed by atoms with Gasteiger partial charge >= 0.3 is 6.18 Å². The van der Waals surface area contributed by atoms with Crippen molar-refractivity contribution in [3.05, 3.63) is 65.2 Å². The lowest BCUT2D eigenvalue weighted by Crippen LogP contribution is -2.37. The van der Waals surface area contributed by atoms with Crippen LogP contribution in [0.4, 0.5) is 13.2 Å². The van der Waals surface area contributed by atoms with Gasteiger partial charge in [0.15, 0.2) is 0 Å². The highest BCUT2D eigenvalue weighted by Crippen LogP contribution is 2.32. The number of hydrogen-bond donors (Lipinski definition) is 2. The van der Waals surface area contributed by atoms with Crippen LogP contribution >= 0.6 is 0 Å².